The Hall–Kier alpha value is -1.15. The molecule has 0 saturated carbocycles. The van der Waals surface area contributed by atoms with E-state index in [9.17, 15) is 13.2 Å². The Morgan fingerprint density at radius 3 is 2.61 bits per heavy atom. The minimum Gasteiger partial charge on any atom is -0.302 e. The van der Waals surface area contributed by atoms with Crippen LogP contribution in [0.2, 0.25) is 5.02 Å². The van der Waals surface area contributed by atoms with Crippen LogP contribution in [0.5, 0.6) is 0 Å². The summed E-state index contributed by atoms with van der Waals surface area (Å²) in [5.41, 5.74) is 0.506. The van der Waals surface area contributed by atoms with E-state index >= 15 is 0 Å². The predicted octanol–water partition coefficient (Wildman–Crippen LogP) is 2.12. The molecule has 0 aliphatic carbocycles. The second kappa shape index (κ2) is 7.61. The van der Waals surface area contributed by atoms with E-state index < -0.39 is 15.9 Å². The molecule has 0 atom stereocenters. The molecule has 1 N–H and O–H groups in total. The highest BCUT2D eigenvalue weighted by molar-refractivity contribution is 7.90. The second-order valence-electron chi connectivity index (χ2n) is 5.67. The zero-order valence-corrected chi connectivity index (χ0v) is 14.8. The van der Waals surface area contributed by atoms with Gasteiger partial charge in [0.25, 0.3) is 10.0 Å². The summed E-state index contributed by atoms with van der Waals surface area (Å²) in [5, 5.41) is 1.94. The molecule has 2 rings (SSSR count). The number of hydrogen-bond donors (Lipinski definition) is 1. The second-order valence-corrected chi connectivity index (χ2v) is 7.70. The average Bonchev–Trinajstić information content (AvgIpc) is 2.46. The van der Waals surface area contributed by atoms with Gasteiger partial charge in [0.2, 0.25) is 5.91 Å². The number of rotatable bonds is 5. The number of carbonyl (C=O) groups is 1. The van der Waals surface area contributed by atoms with E-state index in [4.69, 9.17) is 16.4 Å². The Morgan fingerprint density at radius 2 is 2.04 bits per heavy atom. The van der Waals surface area contributed by atoms with Gasteiger partial charge in [0.15, 0.2) is 0 Å². The molecule has 1 saturated heterocycles. The molecule has 8 heteroatoms. The first-order valence-electron chi connectivity index (χ1n) is 7.43. The Bertz CT molecular complexity index is 650. The lowest BCUT2D eigenvalue weighted by atomic mass is 9.94. The minimum absolute atomic E-state index is 0.0378. The SMILES string of the molecule is CON1CCC(CC(=O)NS(=O)(=O)c2c(C)cccc2Cl)CC1. The van der Waals surface area contributed by atoms with Crippen molar-refractivity contribution < 1.29 is 18.0 Å². The van der Waals surface area contributed by atoms with Gasteiger partial charge >= 0.3 is 0 Å². The molecule has 1 aliphatic rings. The maximum Gasteiger partial charge on any atom is 0.265 e. The molecular formula is C15H21ClN2O4S. The number of nitrogens with zero attached hydrogens (tertiary/aromatic N) is 1. The quantitative estimate of drug-likeness (QED) is 0.870. The molecule has 1 fully saturated rings. The van der Waals surface area contributed by atoms with Crippen LogP contribution in [-0.2, 0) is 19.7 Å². The lowest BCUT2D eigenvalue weighted by Crippen LogP contribution is -2.37. The van der Waals surface area contributed by atoms with Gasteiger partial charge in [-0.3, -0.25) is 4.79 Å². The number of piperidine rings is 1. The van der Waals surface area contributed by atoms with Crippen LogP contribution >= 0.6 is 11.6 Å². The Kier molecular flexibility index (Phi) is 6.02. The fourth-order valence-electron chi connectivity index (χ4n) is 2.76. The summed E-state index contributed by atoms with van der Waals surface area (Å²) in [6.07, 6.45) is 1.78. The molecule has 0 radical (unpaired) electrons. The van der Waals surface area contributed by atoms with Crippen molar-refractivity contribution in [3.63, 3.8) is 0 Å². The van der Waals surface area contributed by atoms with Crippen molar-refractivity contribution in [1.82, 2.24) is 9.79 Å². The first-order valence-corrected chi connectivity index (χ1v) is 9.29. The van der Waals surface area contributed by atoms with E-state index in [1.807, 2.05) is 5.06 Å². The number of halogens is 1. The van der Waals surface area contributed by atoms with E-state index in [1.54, 1.807) is 26.2 Å². The minimum atomic E-state index is -3.95. The molecule has 1 amide bonds. The Labute approximate surface area is 141 Å². The highest BCUT2D eigenvalue weighted by Crippen LogP contribution is 2.25. The van der Waals surface area contributed by atoms with E-state index in [0.29, 0.717) is 5.56 Å². The summed E-state index contributed by atoms with van der Waals surface area (Å²) < 4.78 is 26.9. The molecule has 6 nitrogen and oxygen atoms in total. The van der Waals surface area contributed by atoms with Gasteiger partial charge in [-0.1, -0.05) is 23.7 Å². The summed E-state index contributed by atoms with van der Waals surface area (Å²) in [6.45, 7) is 3.13. The fourth-order valence-corrected chi connectivity index (χ4v) is 4.59. The van der Waals surface area contributed by atoms with Crippen molar-refractivity contribution >= 4 is 27.5 Å². The third kappa shape index (κ3) is 4.67. The lowest BCUT2D eigenvalue weighted by Gasteiger charge is -2.29. The van der Waals surface area contributed by atoms with Gasteiger partial charge < -0.3 is 4.84 Å². The first-order chi connectivity index (χ1) is 10.8. The highest BCUT2D eigenvalue weighted by Gasteiger charge is 2.26. The zero-order valence-electron chi connectivity index (χ0n) is 13.2. The normalized spacial score (nSPS) is 17.2. The van der Waals surface area contributed by atoms with Crippen LogP contribution in [-0.4, -0.2) is 39.6 Å². The molecule has 128 valence electrons. The molecule has 23 heavy (non-hydrogen) atoms. The van der Waals surface area contributed by atoms with Gasteiger partial charge in [-0.2, -0.15) is 5.06 Å². The first kappa shape index (κ1) is 18.2. The predicted molar refractivity (Wildman–Crippen MR) is 87.4 cm³/mol. The maximum atomic E-state index is 12.4. The molecule has 0 unspecified atom stereocenters. The molecule has 1 aromatic rings. The lowest BCUT2D eigenvalue weighted by molar-refractivity contribution is -0.149. The monoisotopic (exact) mass is 360 g/mol. The molecular weight excluding hydrogens is 340 g/mol. The van der Waals surface area contributed by atoms with Gasteiger partial charge in [0.1, 0.15) is 4.90 Å². The number of aryl methyl sites for hydroxylation is 1. The van der Waals surface area contributed by atoms with Gasteiger partial charge in [-0.15, -0.1) is 0 Å². The Morgan fingerprint density at radius 1 is 1.39 bits per heavy atom. The van der Waals surface area contributed by atoms with Crippen LogP contribution < -0.4 is 4.72 Å². The van der Waals surface area contributed by atoms with Gasteiger partial charge in [-0.25, -0.2) is 13.1 Å². The number of benzene rings is 1. The number of carbonyl (C=O) groups excluding carboxylic acids is 1. The van der Waals surface area contributed by atoms with Crippen molar-refractivity contribution in [3.05, 3.63) is 28.8 Å². The molecule has 0 spiro atoms. The van der Waals surface area contributed by atoms with Crippen molar-refractivity contribution in [2.75, 3.05) is 20.2 Å². The summed E-state index contributed by atoms with van der Waals surface area (Å²) in [6, 6.07) is 4.81. The summed E-state index contributed by atoms with van der Waals surface area (Å²) in [7, 11) is -2.34. The Balaban J connectivity index is 2.00. The summed E-state index contributed by atoms with van der Waals surface area (Å²) in [4.78, 5) is 17.2. The largest absolute Gasteiger partial charge is 0.302 e. The number of hydrogen-bond acceptors (Lipinski definition) is 5. The van der Waals surface area contributed by atoms with Crippen LogP contribution in [0.25, 0.3) is 0 Å². The van der Waals surface area contributed by atoms with Crippen LogP contribution in [0.1, 0.15) is 24.8 Å². The number of hydroxylamine groups is 2. The average molecular weight is 361 g/mol. The number of amides is 1. The van der Waals surface area contributed by atoms with Gasteiger partial charge in [0.05, 0.1) is 12.1 Å². The molecule has 1 aromatic carbocycles. The van der Waals surface area contributed by atoms with E-state index in [2.05, 4.69) is 4.72 Å². The highest BCUT2D eigenvalue weighted by atomic mass is 35.5. The van der Waals surface area contributed by atoms with E-state index in [0.717, 1.165) is 25.9 Å². The zero-order chi connectivity index (χ0) is 17.0. The number of sulfonamides is 1. The number of nitrogens with one attached hydrogen (secondary N) is 1. The van der Waals surface area contributed by atoms with Crippen molar-refractivity contribution in [2.45, 2.75) is 31.1 Å². The van der Waals surface area contributed by atoms with E-state index in [-0.39, 0.29) is 22.3 Å². The maximum absolute atomic E-state index is 12.4. The molecule has 0 aromatic heterocycles. The van der Waals surface area contributed by atoms with Crippen LogP contribution in [0.15, 0.2) is 23.1 Å². The smallest absolute Gasteiger partial charge is 0.265 e. The third-order valence-corrected chi connectivity index (χ3v) is 5.99. The molecule has 0 bridgehead atoms. The van der Waals surface area contributed by atoms with Crippen LogP contribution in [0, 0.1) is 12.8 Å². The standard InChI is InChI=1S/C15H21ClN2O4S/c1-11-4-3-5-13(16)15(11)23(20,21)17-14(19)10-12-6-8-18(22-2)9-7-12/h3-5,12H,6-10H2,1-2H3,(H,17,19). The van der Waals surface area contributed by atoms with Crippen molar-refractivity contribution in [3.8, 4) is 0 Å². The van der Waals surface area contributed by atoms with Crippen molar-refractivity contribution in [2.24, 2.45) is 5.92 Å². The van der Waals surface area contributed by atoms with Crippen LogP contribution in [0.4, 0.5) is 0 Å². The third-order valence-electron chi connectivity index (χ3n) is 3.99. The topological polar surface area (TPSA) is 75.7 Å². The molecule has 1 aliphatic heterocycles. The fraction of sp³-hybridized carbons (Fsp3) is 0.533. The van der Waals surface area contributed by atoms with Crippen molar-refractivity contribution in [1.29, 1.82) is 0 Å². The van der Waals surface area contributed by atoms with Gasteiger partial charge in [-0.05, 0) is 37.3 Å². The van der Waals surface area contributed by atoms with E-state index in [1.165, 1.54) is 6.07 Å². The summed E-state index contributed by atoms with van der Waals surface area (Å²) in [5.74, 6) is -0.343. The molecule has 1 heterocycles. The summed E-state index contributed by atoms with van der Waals surface area (Å²) >= 11 is 5.97. The van der Waals surface area contributed by atoms with Gasteiger partial charge in [0, 0.05) is 19.5 Å². The van der Waals surface area contributed by atoms with Crippen LogP contribution in [0.3, 0.4) is 0 Å².